The molecule has 5 aromatic carbocycles. The Kier molecular flexibility index (Phi) is 10.8. The van der Waals surface area contributed by atoms with Crippen LogP contribution < -0.4 is 14.2 Å². The Morgan fingerprint density at radius 3 is 1.79 bits per heavy atom. The highest BCUT2D eigenvalue weighted by atomic mass is 19.4. The van der Waals surface area contributed by atoms with Crippen LogP contribution in [0.2, 0.25) is 0 Å². The molecule has 0 N–H and O–H groups in total. The summed E-state index contributed by atoms with van der Waals surface area (Å²) in [4.78, 5) is 0. The van der Waals surface area contributed by atoms with Crippen molar-refractivity contribution in [1.82, 2.24) is 0 Å². The third-order valence-corrected chi connectivity index (χ3v) is 11.5. The number of rotatable bonds is 14. The van der Waals surface area contributed by atoms with Gasteiger partial charge in [0.1, 0.15) is 29.1 Å². The van der Waals surface area contributed by atoms with Crippen LogP contribution in [0.25, 0.3) is 10.8 Å². The van der Waals surface area contributed by atoms with Gasteiger partial charge in [0.2, 0.25) is 0 Å². The molecule has 0 saturated heterocycles. The topological polar surface area (TPSA) is 27.7 Å². The molecule has 7 atom stereocenters. The average molecular weight is 707 g/mol. The zero-order valence-electron chi connectivity index (χ0n) is 30.3. The molecule has 272 valence electrons. The summed E-state index contributed by atoms with van der Waals surface area (Å²) >= 11 is 0. The van der Waals surface area contributed by atoms with E-state index in [-0.39, 0.29) is 11.8 Å². The van der Waals surface area contributed by atoms with Gasteiger partial charge in [-0.15, -0.1) is 0 Å². The fraction of sp³-hybridized carbons (Fsp3) is 0.391. The second kappa shape index (κ2) is 15.7. The van der Waals surface area contributed by atoms with Crippen LogP contribution in [0.4, 0.5) is 13.2 Å². The zero-order valence-corrected chi connectivity index (χ0v) is 30.3. The van der Waals surface area contributed by atoms with Crippen LogP contribution in [0.5, 0.6) is 23.0 Å². The van der Waals surface area contributed by atoms with E-state index < -0.39 is 18.7 Å². The highest BCUT2D eigenvalue weighted by molar-refractivity contribution is 5.83. The van der Waals surface area contributed by atoms with E-state index in [0.29, 0.717) is 23.7 Å². The van der Waals surface area contributed by atoms with Crippen molar-refractivity contribution in [2.24, 2.45) is 17.8 Å². The number of benzene rings is 5. The maximum Gasteiger partial charge on any atom is 0.394 e. The number of alkyl halides is 3. The van der Waals surface area contributed by atoms with Gasteiger partial charge in [0.15, 0.2) is 0 Å². The predicted molar refractivity (Wildman–Crippen MR) is 203 cm³/mol. The van der Waals surface area contributed by atoms with Gasteiger partial charge in [-0.3, -0.25) is 0 Å². The summed E-state index contributed by atoms with van der Waals surface area (Å²) in [6, 6.07) is 39.2. The Morgan fingerprint density at radius 2 is 1.19 bits per heavy atom. The van der Waals surface area contributed by atoms with Crippen LogP contribution in [0.15, 0.2) is 115 Å². The summed E-state index contributed by atoms with van der Waals surface area (Å²) in [6.07, 6.45) is 3.10. The summed E-state index contributed by atoms with van der Waals surface area (Å²) in [5.41, 5.74) is 3.69. The molecule has 2 aliphatic carbocycles. The van der Waals surface area contributed by atoms with Crippen molar-refractivity contribution < 1.29 is 27.4 Å². The van der Waals surface area contributed by atoms with Crippen LogP contribution in [0.1, 0.15) is 93.7 Å². The minimum Gasteiger partial charge on any atom is -0.493 e. The average Bonchev–Trinajstić information content (AvgIpc) is 3.78. The van der Waals surface area contributed by atoms with Crippen molar-refractivity contribution in [3.05, 3.63) is 132 Å². The molecular weight excluding hydrogens is 657 g/mol. The first-order chi connectivity index (χ1) is 25.1. The molecule has 7 unspecified atom stereocenters. The van der Waals surface area contributed by atoms with Gasteiger partial charge in [-0.05, 0) is 144 Å². The van der Waals surface area contributed by atoms with Gasteiger partial charge >= 0.3 is 6.18 Å². The van der Waals surface area contributed by atoms with E-state index in [1.165, 1.54) is 42.2 Å². The van der Waals surface area contributed by atoms with Gasteiger partial charge in [0, 0.05) is 0 Å². The fourth-order valence-electron chi connectivity index (χ4n) is 8.26. The molecule has 0 spiro atoms. The lowest BCUT2D eigenvalue weighted by atomic mass is 9.79. The normalized spacial score (nSPS) is 20.7. The van der Waals surface area contributed by atoms with Gasteiger partial charge in [-0.25, -0.2) is 0 Å². The first-order valence-electron chi connectivity index (χ1n) is 18.9. The van der Waals surface area contributed by atoms with E-state index in [2.05, 4.69) is 86.6 Å². The highest BCUT2D eigenvalue weighted by Crippen LogP contribution is 2.46. The molecule has 2 aliphatic rings. The Hall–Kier alpha value is -4.45. The Morgan fingerprint density at radius 1 is 0.615 bits per heavy atom. The summed E-state index contributed by atoms with van der Waals surface area (Å²) < 4.78 is 57.1. The molecule has 6 heteroatoms. The van der Waals surface area contributed by atoms with Gasteiger partial charge in [-0.1, -0.05) is 87.5 Å². The van der Waals surface area contributed by atoms with Crippen LogP contribution in [-0.4, -0.2) is 18.9 Å². The maximum atomic E-state index is 13.0. The molecule has 5 aromatic rings. The summed E-state index contributed by atoms with van der Waals surface area (Å²) in [6.45, 7) is 5.27. The highest BCUT2D eigenvalue weighted by Gasteiger charge is 2.41. The summed E-state index contributed by atoms with van der Waals surface area (Å²) in [7, 11) is 0. The minimum absolute atomic E-state index is 0.225. The van der Waals surface area contributed by atoms with E-state index in [4.69, 9.17) is 14.2 Å². The van der Waals surface area contributed by atoms with Gasteiger partial charge in [0.05, 0.1) is 12.5 Å². The van der Waals surface area contributed by atoms with Crippen molar-refractivity contribution in [3.8, 4) is 23.0 Å². The Bertz CT molecular complexity index is 1900. The van der Waals surface area contributed by atoms with Crippen LogP contribution in [0.3, 0.4) is 0 Å². The molecular formula is C46H49F3O3. The van der Waals surface area contributed by atoms with Crippen LogP contribution >= 0.6 is 0 Å². The summed E-state index contributed by atoms with van der Waals surface area (Å²) in [5, 5.41) is 2.33. The van der Waals surface area contributed by atoms with Crippen molar-refractivity contribution in [2.45, 2.75) is 89.3 Å². The fourth-order valence-corrected chi connectivity index (χ4v) is 8.26. The number of halogens is 3. The molecule has 3 nitrogen and oxygen atoms in total. The predicted octanol–water partition coefficient (Wildman–Crippen LogP) is 13.2. The molecule has 0 radical (unpaired) electrons. The van der Waals surface area contributed by atoms with Crippen molar-refractivity contribution >= 4 is 10.8 Å². The lowest BCUT2D eigenvalue weighted by Gasteiger charge is -2.26. The first-order valence-corrected chi connectivity index (χ1v) is 18.9. The molecule has 0 amide bonds. The molecule has 0 aromatic heterocycles. The third-order valence-electron chi connectivity index (χ3n) is 11.5. The van der Waals surface area contributed by atoms with E-state index in [1.807, 2.05) is 30.3 Å². The van der Waals surface area contributed by atoms with Crippen molar-refractivity contribution in [3.63, 3.8) is 0 Å². The number of hydrogen-bond donors (Lipinski definition) is 0. The molecule has 7 rings (SSSR count). The van der Waals surface area contributed by atoms with Gasteiger partial charge < -0.3 is 14.2 Å². The lowest BCUT2D eigenvalue weighted by molar-refractivity contribution is -0.176. The smallest absolute Gasteiger partial charge is 0.394 e. The summed E-state index contributed by atoms with van der Waals surface area (Å²) in [5.74, 6) is 3.85. The van der Waals surface area contributed by atoms with Crippen LogP contribution in [0, 0.1) is 17.8 Å². The standard InChI is InChI=1S/C46H49F3O3/c1-30(34-10-17-41(18-11-34)50-29-32(3)46(47,48)49)24-40(37-14-21-43(22-15-37)52-45-27-33-8-9-39(45)26-33)25-31(2)35-12-19-42(20-13-35)51-44-23-16-36-6-4-5-7-38(36)28-44/h4-7,10-23,28,30-33,39-40,45H,8-9,24-27,29H2,1-3H3. The molecule has 0 heterocycles. The number of ether oxygens (including phenoxy) is 3. The lowest BCUT2D eigenvalue weighted by Crippen LogP contribution is -2.25. The van der Waals surface area contributed by atoms with Crippen molar-refractivity contribution in [2.75, 3.05) is 6.61 Å². The minimum atomic E-state index is -4.27. The van der Waals surface area contributed by atoms with E-state index in [0.717, 1.165) is 53.9 Å². The number of fused-ring (bicyclic) bond motifs is 3. The van der Waals surface area contributed by atoms with Crippen LogP contribution in [-0.2, 0) is 0 Å². The molecule has 52 heavy (non-hydrogen) atoms. The monoisotopic (exact) mass is 706 g/mol. The Labute approximate surface area is 306 Å². The molecule has 2 saturated carbocycles. The van der Waals surface area contributed by atoms with Gasteiger partial charge in [-0.2, -0.15) is 13.2 Å². The molecule has 2 fully saturated rings. The second-order valence-electron chi connectivity index (χ2n) is 15.4. The Balaban J connectivity index is 1.03. The number of hydrogen-bond acceptors (Lipinski definition) is 3. The largest absolute Gasteiger partial charge is 0.493 e. The van der Waals surface area contributed by atoms with E-state index >= 15 is 0 Å². The quantitative estimate of drug-likeness (QED) is 0.115. The maximum absolute atomic E-state index is 13.0. The first kappa shape index (κ1) is 35.9. The molecule has 0 aliphatic heterocycles. The van der Waals surface area contributed by atoms with E-state index in [1.54, 1.807) is 12.1 Å². The third kappa shape index (κ3) is 8.77. The van der Waals surface area contributed by atoms with Crippen molar-refractivity contribution in [1.29, 1.82) is 0 Å². The van der Waals surface area contributed by atoms with Gasteiger partial charge in [0.25, 0.3) is 0 Å². The SMILES string of the molecule is CC(CC(CC(C)c1ccc(Oc2ccc3ccccc3c2)cc1)c1ccc(OC2CC3CCC2C3)cc1)c1ccc(OCC(C)C(F)(F)F)cc1. The zero-order chi connectivity index (χ0) is 36.2. The molecule has 2 bridgehead atoms. The van der Waals surface area contributed by atoms with E-state index in [9.17, 15) is 13.2 Å². The second-order valence-corrected chi connectivity index (χ2v) is 15.4.